The van der Waals surface area contributed by atoms with E-state index in [1.807, 2.05) is 42.1 Å². The number of nitrogens with one attached hydrogen (secondary N) is 1. The van der Waals surface area contributed by atoms with Crippen molar-refractivity contribution in [3.8, 4) is 0 Å². The van der Waals surface area contributed by atoms with Gasteiger partial charge in [0.15, 0.2) is 0 Å². The highest BCUT2D eigenvalue weighted by Gasteiger charge is 2.34. The van der Waals surface area contributed by atoms with Crippen LogP contribution < -0.4 is 4.72 Å². The Labute approximate surface area is 123 Å². The van der Waals surface area contributed by atoms with Gasteiger partial charge in [0.2, 0.25) is 10.0 Å². The van der Waals surface area contributed by atoms with E-state index in [2.05, 4.69) is 20.7 Å². The first kappa shape index (κ1) is 13.7. The number of halogens is 2. The molecule has 7 heteroatoms. The maximum atomic E-state index is 12.1. The highest BCUT2D eigenvalue weighted by atomic mass is 127. The van der Waals surface area contributed by atoms with Gasteiger partial charge in [-0.1, -0.05) is 22.0 Å². The van der Waals surface area contributed by atoms with Gasteiger partial charge in [0, 0.05) is 17.4 Å². The van der Waals surface area contributed by atoms with Crippen molar-refractivity contribution in [1.82, 2.24) is 4.72 Å². The van der Waals surface area contributed by atoms with Gasteiger partial charge in [0.1, 0.15) is 23.0 Å². The second-order valence-corrected chi connectivity index (χ2v) is 7.37. The lowest BCUT2D eigenvalue weighted by Gasteiger charge is -2.24. The molecule has 1 aromatic rings. The van der Waals surface area contributed by atoms with Gasteiger partial charge in [0.05, 0.1) is 10.5 Å². The summed E-state index contributed by atoms with van der Waals surface area (Å²) in [7, 11) is -3.45. The summed E-state index contributed by atoms with van der Waals surface area (Å²) in [6, 6.07) is 5.28. The van der Waals surface area contributed by atoms with Crippen molar-refractivity contribution in [2.75, 3.05) is 6.54 Å². The normalized spacial score (nSPS) is 27.2. The van der Waals surface area contributed by atoms with Gasteiger partial charge in [-0.2, -0.15) is 0 Å². The second kappa shape index (κ2) is 4.76. The van der Waals surface area contributed by atoms with Crippen LogP contribution in [0.25, 0.3) is 0 Å². The van der Waals surface area contributed by atoms with E-state index in [1.54, 1.807) is 6.07 Å². The van der Waals surface area contributed by atoms with E-state index in [9.17, 15) is 8.42 Å². The van der Waals surface area contributed by atoms with E-state index in [0.717, 1.165) is 10.0 Å². The summed E-state index contributed by atoms with van der Waals surface area (Å²) in [6.45, 7) is 2.16. The second-order valence-electron chi connectivity index (χ2n) is 4.28. The summed E-state index contributed by atoms with van der Waals surface area (Å²) in [6.07, 6.45) is 0.560. The molecule has 4 nitrogen and oxygen atoms in total. The first-order valence-electron chi connectivity index (χ1n) is 4.94. The zero-order valence-corrected chi connectivity index (χ0v) is 13.6. The van der Waals surface area contributed by atoms with E-state index >= 15 is 0 Å². The zero-order valence-electron chi connectivity index (χ0n) is 9.04. The molecule has 0 amide bonds. The van der Waals surface area contributed by atoms with Gasteiger partial charge in [-0.25, -0.2) is 13.1 Å². The highest BCUT2D eigenvalue weighted by Crippen LogP contribution is 2.30. The maximum absolute atomic E-state index is 12.1. The topological polar surface area (TPSA) is 55.4 Å². The molecule has 1 aliphatic heterocycles. The van der Waals surface area contributed by atoms with Gasteiger partial charge in [0.25, 0.3) is 0 Å². The number of hydrogen-bond donors (Lipinski definition) is 1. The molecule has 0 saturated carbocycles. The van der Waals surface area contributed by atoms with E-state index in [-0.39, 0.29) is 6.54 Å². The molecule has 94 valence electrons. The van der Waals surface area contributed by atoms with E-state index in [0.29, 0.717) is 11.3 Å². The minimum Gasteiger partial charge on any atom is -0.308 e. The molecule has 1 aliphatic rings. The minimum atomic E-state index is -3.45. The molecule has 0 radical (unpaired) electrons. The van der Waals surface area contributed by atoms with E-state index in [4.69, 9.17) is 3.07 Å². The standard InChI is InChI=1S/C10H11BrINO3S/c1-10(16-12)5-7-2-3-8(11)4-9(7)17(14,15)13-6-10/h2-4,13H,5-6H2,1H3/t10-/m0/s1. The maximum Gasteiger partial charge on any atom is 0.240 e. The summed E-state index contributed by atoms with van der Waals surface area (Å²) < 4.78 is 32.8. The molecule has 0 saturated heterocycles. The van der Waals surface area contributed by atoms with Crippen LogP contribution in [0.3, 0.4) is 0 Å². The number of sulfonamides is 1. The molecular formula is C10H11BrINO3S. The minimum absolute atomic E-state index is 0.268. The summed E-state index contributed by atoms with van der Waals surface area (Å²) in [5.41, 5.74) is 0.254. The third kappa shape index (κ3) is 2.83. The smallest absolute Gasteiger partial charge is 0.240 e. The van der Waals surface area contributed by atoms with Crippen LogP contribution in [0.15, 0.2) is 27.6 Å². The highest BCUT2D eigenvalue weighted by molar-refractivity contribution is 14.1. The predicted octanol–water partition coefficient (Wildman–Crippen LogP) is 2.41. The average Bonchev–Trinajstić information content (AvgIpc) is 2.38. The van der Waals surface area contributed by atoms with Gasteiger partial charge < -0.3 is 3.07 Å². The Kier molecular flexibility index (Phi) is 3.85. The largest absolute Gasteiger partial charge is 0.308 e. The van der Waals surface area contributed by atoms with Crippen molar-refractivity contribution in [2.24, 2.45) is 0 Å². The van der Waals surface area contributed by atoms with Gasteiger partial charge in [-0.15, -0.1) is 0 Å². The molecule has 1 atom stereocenters. The van der Waals surface area contributed by atoms with Crippen molar-refractivity contribution in [1.29, 1.82) is 0 Å². The molecule has 0 unspecified atom stereocenters. The van der Waals surface area contributed by atoms with E-state index < -0.39 is 15.6 Å². The lowest BCUT2D eigenvalue weighted by molar-refractivity contribution is 0.155. The molecule has 1 heterocycles. The first-order valence-corrected chi connectivity index (χ1v) is 8.10. The van der Waals surface area contributed by atoms with Crippen LogP contribution in [0.4, 0.5) is 0 Å². The Morgan fingerprint density at radius 1 is 1.53 bits per heavy atom. The number of rotatable bonds is 1. The predicted molar refractivity (Wildman–Crippen MR) is 76.5 cm³/mol. The molecular weight excluding hydrogens is 421 g/mol. The monoisotopic (exact) mass is 431 g/mol. The van der Waals surface area contributed by atoms with Gasteiger partial charge in [-0.3, -0.25) is 0 Å². The Morgan fingerprint density at radius 2 is 2.24 bits per heavy atom. The summed E-state index contributed by atoms with van der Waals surface area (Å²) in [5, 5.41) is 0. The Bertz CT molecular complexity index is 548. The number of fused-ring (bicyclic) bond motifs is 1. The molecule has 2 rings (SSSR count). The Balaban J connectivity index is 2.59. The number of hydrogen-bond acceptors (Lipinski definition) is 3. The molecule has 0 aliphatic carbocycles. The molecule has 0 spiro atoms. The van der Waals surface area contributed by atoms with Crippen molar-refractivity contribution in [3.63, 3.8) is 0 Å². The number of benzene rings is 1. The quantitative estimate of drug-likeness (QED) is 0.694. The molecule has 1 N–H and O–H groups in total. The SMILES string of the molecule is C[C@@]1(OI)CNS(=O)(=O)c2cc(Br)ccc2C1. The third-order valence-corrected chi connectivity index (χ3v) is 5.75. The van der Waals surface area contributed by atoms with Gasteiger partial charge in [-0.05, 0) is 24.6 Å². The molecule has 0 aromatic heterocycles. The van der Waals surface area contributed by atoms with Crippen LogP contribution in [0.1, 0.15) is 12.5 Å². The Morgan fingerprint density at radius 3 is 2.88 bits per heavy atom. The molecule has 17 heavy (non-hydrogen) atoms. The fourth-order valence-corrected chi connectivity index (χ4v) is 4.01. The van der Waals surface area contributed by atoms with Crippen molar-refractivity contribution >= 4 is 49.0 Å². The fourth-order valence-electron chi connectivity index (χ4n) is 1.77. The lowest BCUT2D eigenvalue weighted by atomic mass is 9.97. The van der Waals surface area contributed by atoms with Crippen LogP contribution >= 0.6 is 38.9 Å². The summed E-state index contributed by atoms with van der Waals surface area (Å²) in [5.74, 6) is 0. The Hall–Kier alpha value is 0.300. The summed E-state index contributed by atoms with van der Waals surface area (Å²) >= 11 is 5.10. The van der Waals surface area contributed by atoms with Crippen molar-refractivity contribution in [3.05, 3.63) is 28.2 Å². The van der Waals surface area contributed by atoms with E-state index in [1.165, 1.54) is 0 Å². The van der Waals surface area contributed by atoms with Crippen LogP contribution in [-0.4, -0.2) is 20.6 Å². The lowest BCUT2D eigenvalue weighted by Crippen LogP contribution is -2.39. The van der Waals surface area contributed by atoms with Crippen LogP contribution in [-0.2, 0) is 19.5 Å². The average molecular weight is 432 g/mol. The third-order valence-electron chi connectivity index (χ3n) is 2.71. The van der Waals surface area contributed by atoms with Crippen LogP contribution in [0, 0.1) is 0 Å². The molecule has 0 fully saturated rings. The fraction of sp³-hybridized carbons (Fsp3) is 0.400. The van der Waals surface area contributed by atoms with Crippen LogP contribution in [0.5, 0.6) is 0 Å². The first-order chi connectivity index (χ1) is 7.86. The van der Waals surface area contributed by atoms with Crippen molar-refractivity contribution < 1.29 is 11.5 Å². The zero-order chi connectivity index (χ0) is 12.7. The van der Waals surface area contributed by atoms with Gasteiger partial charge >= 0.3 is 0 Å². The molecule has 1 aromatic carbocycles. The van der Waals surface area contributed by atoms with Crippen LogP contribution in [0.2, 0.25) is 0 Å². The summed E-state index contributed by atoms with van der Waals surface area (Å²) in [4.78, 5) is 0.323. The van der Waals surface area contributed by atoms with Crippen molar-refractivity contribution in [2.45, 2.75) is 23.8 Å². The molecule has 0 bridgehead atoms.